The highest BCUT2D eigenvalue weighted by atomic mass is 79.9. The van der Waals surface area contributed by atoms with Gasteiger partial charge < -0.3 is 4.43 Å². The van der Waals surface area contributed by atoms with Crippen molar-refractivity contribution in [3.63, 3.8) is 0 Å². The van der Waals surface area contributed by atoms with Crippen LogP contribution in [0.2, 0.25) is 18.1 Å². The highest BCUT2D eigenvalue weighted by molar-refractivity contribution is 9.11. The fourth-order valence-electron chi connectivity index (χ4n) is 2.32. The topological polar surface area (TPSA) is 9.23 Å². The minimum atomic E-state index is -1.48. The van der Waals surface area contributed by atoms with Gasteiger partial charge in [0.25, 0.3) is 0 Å². The van der Waals surface area contributed by atoms with Gasteiger partial charge in [-0.05, 0) is 55.7 Å². The maximum Gasteiger partial charge on any atom is 0.192 e. The quantitative estimate of drug-likeness (QED) is 0.327. The molecule has 0 saturated heterocycles. The molecule has 0 unspecified atom stereocenters. The maximum atomic E-state index is 6.62. The molecule has 0 heterocycles. The zero-order valence-corrected chi connectivity index (χ0v) is 15.9. The van der Waals surface area contributed by atoms with Crippen LogP contribution < -0.4 is 0 Å². The van der Waals surface area contributed by atoms with E-state index in [2.05, 4.69) is 68.8 Å². The third-order valence-electron chi connectivity index (χ3n) is 3.90. The summed E-state index contributed by atoms with van der Waals surface area (Å²) in [6, 6.07) is 3.70. The van der Waals surface area contributed by atoms with Crippen LogP contribution in [0.5, 0.6) is 0 Å². The van der Waals surface area contributed by atoms with E-state index in [-0.39, 0.29) is 0 Å². The first kappa shape index (κ1) is 19.1. The van der Waals surface area contributed by atoms with Gasteiger partial charge in [-0.3, -0.25) is 0 Å². The van der Waals surface area contributed by atoms with E-state index in [1.807, 2.05) is 0 Å². The van der Waals surface area contributed by atoms with Gasteiger partial charge in [0.2, 0.25) is 0 Å². The van der Waals surface area contributed by atoms with Crippen molar-refractivity contribution in [3.8, 4) is 0 Å². The van der Waals surface area contributed by atoms with Gasteiger partial charge in [0.1, 0.15) is 0 Å². The maximum absolute atomic E-state index is 6.62. The van der Waals surface area contributed by atoms with Gasteiger partial charge in [-0.1, -0.05) is 54.9 Å². The van der Waals surface area contributed by atoms with Crippen LogP contribution in [0.25, 0.3) is 0 Å². The molecule has 0 aliphatic heterocycles. The number of allylic oxidation sites excluding steroid dienone is 3. The van der Waals surface area contributed by atoms with Gasteiger partial charge in [0.15, 0.2) is 8.32 Å². The Morgan fingerprint density at radius 3 is 2.21 bits per heavy atom. The summed E-state index contributed by atoms with van der Waals surface area (Å²) in [6.45, 7) is 11.1. The smallest absolute Gasteiger partial charge is 0.192 e. The predicted molar refractivity (Wildman–Crippen MR) is 93.4 cm³/mol. The molecule has 0 spiro atoms. The van der Waals surface area contributed by atoms with Crippen LogP contribution in [0, 0.1) is 0 Å². The third kappa shape index (κ3) is 8.11. The largest absolute Gasteiger partial charge is 0.414 e. The van der Waals surface area contributed by atoms with Crippen molar-refractivity contribution in [2.45, 2.75) is 78.1 Å². The summed E-state index contributed by atoms with van der Waals surface area (Å²) in [4.78, 5) is 0. The lowest BCUT2D eigenvalue weighted by atomic mass is 10.1. The average Bonchev–Trinajstić information content (AvgIpc) is 2.42. The van der Waals surface area contributed by atoms with Crippen molar-refractivity contribution in [2.75, 3.05) is 0 Å². The summed E-state index contributed by atoms with van der Waals surface area (Å²) in [7, 11) is -1.48. The molecule has 1 nitrogen and oxygen atoms in total. The highest BCUT2D eigenvalue weighted by Gasteiger charge is 2.31. The van der Waals surface area contributed by atoms with Crippen molar-refractivity contribution in [2.24, 2.45) is 0 Å². The van der Waals surface area contributed by atoms with Crippen LogP contribution in [0.15, 0.2) is 22.7 Å². The Morgan fingerprint density at radius 1 is 1.21 bits per heavy atom. The second kappa shape index (κ2) is 10.9. The lowest BCUT2D eigenvalue weighted by molar-refractivity contribution is 0.180. The van der Waals surface area contributed by atoms with E-state index in [4.69, 9.17) is 4.43 Å². The molecular weight excluding hydrogens is 316 g/mol. The van der Waals surface area contributed by atoms with Crippen LogP contribution in [-0.2, 0) is 4.43 Å². The Kier molecular flexibility index (Phi) is 10.9. The molecule has 0 aromatic rings. The second-order valence-electron chi connectivity index (χ2n) is 5.16. The molecule has 0 fully saturated rings. The Morgan fingerprint density at radius 2 is 1.79 bits per heavy atom. The van der Waals surface area contributed by atoms with E-state index in [0.29, 0.717) is 6.10 Å². The average molecular weight is 347 g/mol. The second-order valence-corrected chi connectivity index (χ2v) is 11.1. The van der Waals surface area contributed by atoms with Crippen molar-refractivity contribution >= 4 is 24.2 Å². The monoisotopic (exact) mass is 346 g/mol. The standard InChI is InChI=1S/C16H31BrOSi/c1-6-10-11-12-16(14-13-15(5)17)18-19(7-2,8-3)9-4/h6,10,13,16H,7-9,11-12,14H2,1-5H3/b10-6+,15-13+/t16-/m1/s1. The van der Waals surface area contributed by atoms with Gasteiger partial charge >= 0.3 is 0 Å². The van der Waals surface area contributed by atoms with Crippen LogP contribution in [0.1, 0.15) is 53.9 Å². The Labute approximate surface area is 129 Å². The van der Waals surface area contributed by atoms with Crippen molar-refractivity contribution < 1.29 is 4.43 Å². The number of hydrogen-bond acceptors (Lipinski definition) is 1. The third-order valence-corrected chi connectivity index (χ3v) is 8.93. The Hall–Kier alpha value is 0.137. The minimum absolute atomic E-state index is 0.384. The molecule has 3 heteroatoms. The molecule has 0 amide bonds. The van der Waals surface area contributed by atoms with Crippen molar-refractivity contribution in [3.05, 3.63) is 22.7 Å². The summed E-state index contributed by atoms with van der Waals surface area (Å²) >= 11 is 3.52. The lowest BCUT2D eigenvalue weighted by Gasteiger charge is -2.33. The highest BCUT2D eigenvalue weighted by Crippen LogP contribution is 2.26. The molecule has 0 aliphatic rings. The molecule has 19 heavy (non-hydrogen) atoms. The Bertz CT molecular complexity index is 270. The number of halogens is 1. The molecule has 0 N–H and O–H groups in total. The number of rotatable bonds is 10. The SMILES string of the molecule is C/C=C/CC[C@H](C/C=C(\C)Br)O[Si](CC)(CC)CC. The van der Waals surface area contributed by atoms with Gasteiger partial charge in [-0.15, -0.1) is 0 Å². The van der Waals surface area contributed by atoms with Crippen LogP contribution in [0.3, 0.4) is 0 Å². The summed E-state index contributed by atoms with van der Waals surface area (Å²) in [6.07, 6.45) is 10.3. The molecule has 0 rings (SSSR count). The molecular formula is C16H31BrOSi. The molecule has 112 valence electrons. The summed E-state index contributed by atoms with van der Waals surface area (Å²) in [5, 5.41) is 0. The zero-order valence-electron chi connectivity index (χ0n) is 13.3. The molecule has 0 aliphatic carbocycles. The molecule has 0 bridgehead atoms. The fraction of sp³-hybridized carbons (Fsp3) is 0.750. The normalized spacial score (nSPS) is 15.2. The predicted octanol–water partition coefficient (Wildman–Crippen LogP) is 6.42. The van der Waals surface area contributed by atoms with E-state index in [0.717, 1.165) is 19.3 Å². The summed E-state index contributed by atoms with van der Waals surface area (Å²) in [5.74, 6) is 0. The first-order chi connectivity index (χ1) is 9.03. The molecule has 0 aromatic heterocycles. The lowest BCUT2D eigenvalue weighted by Crippen LogP contribution is -2.39. The van der Waals surface area contributed by atoms with E-state index in [1.165, 1.54) is 22.6 Å². The van der Waals surface area contributed by atoms with Gasteiger partial charge in [0, 0.05) is 6.10 Å². The van der Waals surface area contributed by atoms with Crippen molar-refractivity contribution in [1.29, 1.82) is 0 Å². The van der Waals surface area contributed by atoms with E-state index in [1.54, 1.807) is 0 Å². The van der Waals surface area contributed by atoms with Crippen LogP contribution in [-0.4, -0.2) is 14.4 Å². The van der Waals surface area contributed by atoms with E-state index >= 15 is 0 Å². The summed E-state index contributed by atoms with van der Waals surface area (Å²) in [5.41, 5.74) is 0. The summed E-state index contributed by atoms with van der Waals surface area (Å²) < 4.78 is 7.83. The molecule has 0 saturated carbocycles. The minimum Gasteiger partial charge on any atom is -0.414 e. The first-order valence-electron chi connectivity index (χ1n) is 7.64. The van der Waals surface area contributed by atoms with E-state index < -0.39 is 8.32 Å². The van der Waals surface area contributed by atoms with Crippen LogP contribution >= 0.6 is 15.9 Å². The zero-order chi connectivity index (χ0) is 14.7. The van der Waals surface area contributed by atoms with Gasteiger partial charge in [-0.25, -0.2) is 0 Å². The fourth-order valence-corrected chi connectivity index (χ4v) is 5.43. The molecule has 0 radical (unpaired) electrons. The first-order valence-corrected chi connectivity index (χ1v) is 11.0. The van der Waals surface area contributed by atoms with Gasteiger partial charge in [0.05, 0.1) is 0 Å². The van der Waals surface area contributed by atoms with E-state index in [9.17, 15) is 0 Å². The number of hydrogen-bond donors (Lipinski definition) is 0. The van der Waals surface area contributed by atoms with Crippen molar-refractivity contribution in [1.82, 2.24) is 0 Å². The van der Waals surface area contributed by atoms with Gasteiger partial charge in [-0.2, -0.15) is 0 Å². The molecule has 1 atom stereocenters. The molecule has 0 aromatic carbocycles. The van der Waals surface area contributed by atoms with Crippen LogP contribution in [0.4, 0.5) is 0 Å². The Balaban J connectivity index is 4.66.